The average Bonchev–Trinajstić information content (AvgIpc) is 3.22. The van der Waals surface area contributed by atoms with Crippen LogP contribution in [0.5, 0.6) is 0 Å². The van der Waals surface area contributed by atoms with Gasteiger partial charge in [0, 0.05) is 31.1 Å². The topological polar surface area (TPSA) is 38.1 Å². The Balaban J connectivity index is 1.73. The van der Waals surface area contributed by atoms with E-state index in [9.17, 15) is 4.79 Å². The average molecular weight is 359 g/mol. The van der Waals surface area contributed by atoms with Crippen LogP contribution in [0.3, 0.4) is 0 Å². The Morgan fingerprint density at radius 1 is 1.19 bits per heavy atom. The highest BCUT2D eigenvalue weighted by atomic mass is 16.2. The van der Waals surface area contributed by atoms with E-state index in [-0.39, 0.29) is 11.8 Å². The summed E-state index contributed by atoms with van der Waals surface area (Å²) >= 11 is 0. The van der Waals surface area contributed by atoms with Crippen molar-refractivity contribution in [1.29, 1.82) is 0 Å². The zero-order chi connectivity index (χ0) is 19.0. The van der Waals surface area contributed by atoms with Crippen molar-refractivity contribution in [2.24, 2.45) is 0 Å². The van der Waals surface area contributed by atoms with E-state index in [2.05, 4.69) is 36.3 Å². The highest BCUT2D eigenvalue weighted by molar-refractivity contribution is 5.97. The molecule has 1 aliphatic heterocycles. The Hall–Kier alpha value is -2.88. The van der Waals surface area contributed by atoms with E-state index in [0.717, 1.165) is 41.1 Å². The number of hydrogen-bond acceptors (Lipinski definition) is 2. The van der Waals surface area contributed by atoms with Crippen LogP contribution < -0.4 is 4.90 Å². The predicted molar refractivity (Wildman–Crippen MR) is 110 cm³/mol. The molecule has 4 nitrogen and oxygen atoms in total. The van der Waals surface area contributed by atoms with Crippen molar-refractivity contribution < 1.29 is 4.79 Å². The zero-order valence-corrected chi connectivity index (χ0v) is 16.0. The van der Waals surface area contributed by atoms with Crippen LogP contribution in [0, 0.1) is 0 Å². The molecule has 1 saturated heterocycles. The third kappa shape index (κ3) is 3.16. The third-order valence-corrected chi connectivity index (χ3v) is 5.27. The predicted octanol–water partition coefficient (Wildman–Crippen LogP) is 4.70. The van der Waals surface area contributed by atoms with Gasteiger partial charge in [-0.15, -0.1) is 0 Å². The number of imidazole rings is 1. The molecule has 27 heavy (non-hydrogen) atoms. The standard InChI is InChI=1S/C23H25N3O/c1-4-17-9-5-7-11-20(17)25-15-18(13-22(25)27)23-24-19-10-6-8-12-21(19)26(23)14-16(2)3/h5-12,18H,2,4,13-15H2,1,3H3. The molecule has 1 fully saturated rings. The van der Waals surface area contributed by atoms with Gasteiger partial charge in [-0.25, -0.2) is 4.98 Å². The molecule has 1 unspecified atom stereocenters. The van der Waals surface area contributed by atoms with Crippen molar-refractivity contribution in [2.75, 3.05) is 11.4 Å². The van der Waals surface area contributed by atoms with Crippen molar-refractivity contribution in [3.8, 4) is 0 Å². The molecule has 1 aromatic heterocycles. The summed E-state index contributed by atoms with van der Waals surface area (Å²) in [4.78, 5) is 19.7. The summed E-state index contributed by atoms with van der Waals surface area (Å²) in [6, 6.07) is 16.4. The van der Waals surface area contributed by atoms with E-state index in [4.69, 9.17) is 4.98 Å². The quantitative estimate of drug-likeness (QED) is 0.620. The van der Waals surface area contributed by atoms with Gasteiger partial charge in [0.2, 0.25) is 5.91 Å². The molecule has 0 N–H and O–H groups in total. The maximum absolute atomic E-state index is 12.8. The number of rotatable bonds is 5. The van der Waals surface area contributed by atoms with Gasteiger partial charge in [0.1, 0.15) is 5.82 Å². The molecule has 0 saturated carbocycles. The summed E-state index contributed by atoms with van der Waals surface area (Å²) in [6.45, 7) is 9.64. The van der Waals surface area contributed by atoms with E-state index in [1.165, 1.54) is 5.56 Å². The van der Waals surface area contributed by atoms with E-state index in [1.54, 1.807) is 0 Å². The van der Waals surface area contributed by atoms with Crippen LogP contribution in [0.2, 0.25) is 0 Å². The smallest absolute Gasteiger partial charge is 0.227 e. The van der Waals surface area contributed by atoms with Crippen LogP contribution in [0.15, 0.2) is 60.7 Å². The first kappa shape index (κ1) is 17.5. The number of para-hydroxylation sites is 3. The third-order valence-electron chi connectivity index (χ3n) is 5.27. The highest BCUT2D eigenvalue weighted by Crippen LogP contribution is 2.34. The van der Waals surface area contributed by atoms with Crippen LogP contribution in [0.1, 0.15) is 37.6 Å². The maximum atomic E-state index is 12.8. The normalized spacial score (nSPS) is 17.0. The van der Waals surface area contributed by atoms with Crippen LogP contribution in [-0.4, -0.2) is 22.0 Å². The highest BCUT2D eigenvalue weighted by Gasteiger charge is 2.35. The molecule has 1 aliphatic rings. The Bertz CT molecular complexity index is 1020. The van der Waals surface area contributed by atoms with Gasteiger partial charge in [0.05, 0.1) is 11.0 Å². The number of nitrogens with zero attached hydrogens (tertiary/aromatic N) is 3. The molecule has 138 valence electrons. The van der Waals surface area contributed by atoms with Crippen molar-refractivity contribution >= 4 is 22.6 Å². The number of carbonyl (C=O) groups excluding carboxylic acids is 1. The second kappa shape index (κ2) is 7.03. The van der Waals surface area contributed by atoms with Crippen molar-refractivity contribution in [3.63, 3.8) is 0 Å². The number of fused-ring (bicyclic) bond motifs is 1. The van der Waals surface area contributed by atoms with Gasteiger partial charge < -0.3 is 9.47 Å². The lowest BCUT2D eigenvalue weighted by Gasteiger charge is -2.20. The summed E-state index contributed by atoms with van der Waals surface area (Å²) in [5, 5.41) is 0. The number of amides is 1. The monoisotopic (exact) mass is 359 g/mol. The Morgan fingerprint density at radius 3 is 2.70 bits per heavy atom. The SMILES string of the molecule is C=C(C)Cn1c(C2CC(=O)N(c3ccccc3CC)C2)nc2ccccc21. The molecule has 0 bridgehead atoms. The molecule has 0 spiro atoms. The molecule has 4 rings (SSSR count). The molecule has 3 aromatic rings. The maximum Gasteiger partial charge on any atom is 0.227 e. The van der Waals surface area contributed by atoms with Crippen LogP contribution in [-0.2, 0) is 17.8 Å². The van der Waals surface area contributed by atoms with Crippen LogP contribution >= 0.6 is 0 Å². The van der Waals surface area contributed by atoms with Crippen molar-refractivity contribution in [1.82, 2.24) is 9.55 Å². The van der Waals surface area contributed by atoms with Gasteiger partial charge in [-0.2, -0.15) is 0 Å². The van der Waals surface area contributed by atoms with Gasteiger partial charge in [0.25, 0.3) is 0 Å². The number of hydrogen-bond donors (Lipinski definition) is 0. The van der Waals surface area contributed by atoms with E-state index in [0.29, 0.717) is 13.0 Å². The first-order valence-corrected chi connectivity index (χ1v) is 9.56. The lowest BCUT2D eigenvalue weighted by Crippen LogP contribution is -2.25. The molecular formula is C23H25N3O. The molecule has 4 heteroatoms. The van der Waals surface area contributed by atoms with E-state index >= 15 is 0 Å². The fourth-order valence-corrected chi connectivity index (χ4v) is 4.03. The second-order valence-electron chi connectivity index (χ2n) is 7.39. The zero-order valence-electron chi connectivity index (χ0n) is 16.0. The largest absolute Gasteiger partial charge is 0.324 e. The fraction of sp³-hybridized carbons (Fsp3) is 0.304. The molecule has 0 radical (unpaired) electrons. The number of aryl methyl sites for hydroxylation is 1. The number of anilines is 1. The van der Waals surface area contributed by atoms with Gasteiger partial charge in [0.15, 0.2) is 0 Å². The van der Waals surface area contributed by atoms with E-state index in [1.807, 2.05) is 42.2 Å². The first-order valence-electron chi connectivity index (χ1n) is 9.56. The van der Waals surface area contributed by atoms with E-state index < -0.39 is 0 Å². The molecule has 1 atom stereocenters. The number of carbonyl (C=O) groups is 1. The minimum atomic E-state index is 0.0918. The molecule has 1 amide bonds. The Labute approximate surface area is 160 Å². The lowest BCUT2D eigenvalue weighted by atomic mass is 10.1. The van der Waals surface area contributed by atoms with Crippen molar-refractivity contribution in [3.05, 3.63) is 72.1 Å². The first-order chi connectivity index (χ1) is 13.1. The number of aromatic nitrogens is 2. The van der Waals surface area contributed by atoms with Gasteiger partial charge in [-0.05, 0) is 37.1 Å². The summed E-state index contributed by atoms with van der Waals surface area (Å²) in [5.41, 5.74) is 5.41. The second-order valence-corrected chi connectivity index (χ2v) is 7.39. The summed E-state index contributed by atoms with van der Waals surface area (Å²) in [7, 11) is 0. The Kier molecular flexibility index (Phi) is 4.56. The summed E-state index contributed by atoms with van der Waals surface area (Å²) < 4.78 is 2.23. The van der Waals surface area contributed by atoms with Gasteiger partial charge in [-0.1, -0.05) is 49.4 Å². The van der Waals surface area contributed by atoms with Crippen molar-refractivity contribution in [2.45, 2.75) is 39.2 Å². The van der Waals surface area contributed by atoms with Crippen LogP contribution in [0.4, 0.5) is 5.69 Å². The summed E-state index contributed by atoms with van der Waals surface area (Å²) in [5.74, 6) is 1.26. The number of allylic oxidation sites excluding steroid dienone is 1. The minimum Gasteiger partial charge on any atom is -0.324 e. The molecule has 2 aromatic carbocycles. The number of benzene rings is 2. The molecular weight excluding hydrogens is 334 g/mol. The summed E-state index contributed by atoms with van der Waals surface area (Å²) in [6.07, 6.45) is 1.41. The Morgan fingerprint density at radius 2 is 1.93 bits per heavy atom. The lowest BCUT2D eigenvalue weighted by molar-refractivity contribution is -0.117. The van der Waals surface area contributed by atoms with Crippen LogP contribution in [0.25, 0.3) is 11.0 Å². The molecule has 2 heterocycles. The molecule has 0 aliphatic carbocycles. The van der Waals surface area contributed by atoms with Gasteiger partial charge >= 0.3 is 0 Å². The van der Waals surface area contributed by atoms with Gasteiger partial charge in [-0.3, -0.25) is 4.79 Å². The fourth-order valence-electron chi connectivity index (χ4n) is 4.03. The minimum absolute atomic E-state index is 0.0918.